The van der Waals surface area contributed by atoms with Crippen molar-refractivity contribution in [2.45, 2.75) is 66.8 Å². The number of nitrogens with zero attached hydrogens (tertiary/aromatic N) is 1. The average molecular weight is 508 g/mol. The molecule has 1 heterocycles. The molecule has 2 N–H and O–H groups in total. The minimum atomic E-state index is -0.645. The molecule has 0 unspecified atom stereocenters. The first-order valence-corrected chi connectivity index (χ1v) is 12.6. The first kappa shape index (κ1) is 27.8. The fourth-order valence-corrected chi connectivity index (χ4v) is 4.15. The van der Waals surface area contributed by atoms with Crippen LogP contribution < -0.4 is 16.2 Å². The molecule has 2 aromatic carbocycles. The molecule has 198 valence electrons. The third-order valence-electron chi connectivity index (χ3n) is 5.56. The smallest absolute Gasteiger partial charge is 0.407 e. The monoisotopic (exact) mass is 507 g/mol. The number of carbonyl (C=O) groups is 2. The number of carbonyl (C=O) groups excluding carboxylic acids is 2. The Morgan fingerprint density at radius 1 is 0.946 bits per heavy atom. The van der Waals surface area contributed by atoms with E-state index in [-0.39, 0.29) is 31.2 Å². The third kappa shape index (κ3) is 7.35. The van der Waals surface area contributed by atoms with Gasteiger partial charge in [0.25, 0.3) is 5.56 Å². The number of alkyl carbamates (subject to hydrolysis) is 2. The average Bonchev–Trinajstić information content (AvgIpc) is 2.82. The van der Waals surface area contributed by atoms with Crippen LogP contribution in [0.25, 0.3) is 21.9 Å². The van der Waals surface area contributed by atoms with Crippen molar-refractivity contribution in [3.05, 3.63) is 70.1 Å². The first-order valence-electron chi connectivity index (χ1n) is 12.6. The number of fused-ring (bicyclic) bond motifs is 1. The lowest BCUT2D eigenvalue weighted by atomic mass is 9.95. The molecule has 0 aliphatic carbocycles. The van der Waals surface area contributed by atoms with Gasteiger partial charge in [-0.1, -0.05) is 50.2 Å². The number of hydrogen-bond donors (Lipinski definition) is 2. The van der Waals surface area contributed by atoms with E-state index in [1.807, 2.05) is 56.3 Å². The van der Waals surface area contributed by atoms with Gasteiger partial charge in [0, 0.05) is 29.7 Å². The second-order valence-corrected chi connectivity index (χ2v) is 10.3. The van der Waals surface area contributed by atoms with Crippen molar-refractivity contribution in [1.29, 1.82) is 0 Å². The van der Waals surface area contributed by atoms with Crippen molar-refractivity contribution < 1.29 is 19.1 Å². The lowest BCUT2D eigenvalue weighted by Crippen LogP contribution is -2.35. The van der Waals surface area contributed by atoms with Crippen LogP contribution in [-0.4, -0.2) is 29.0 Å². The predicted molar refractivity (Wildman–Crippen MR) is 145 cm³/mol. The predicted octanol–water partition coefficient (Wildman–Crippen LogP) is 5.60. The number of hydrogen-bond acceptors (Lipinski definition) is 5. The molecule has 0 saturated carbocycles. The summed E-state index contributed by atoms with van der Waals surface area (Å²) >= 11 is 0. The van der Waals surface area contributed by atoms with Crippen molar-refractivity contribution in [2.75, 3.05) is 6.61 Å². The molecule has 0 aliphatic rings. The number of rotatable bonds is 8. The summed E-state index contributed by atoms with van der Waals surface area (Å²) in [5, 5.41) is 6.90. The minimum absolute atomic E-state index is 0.113. The Balaban J connectivity index is 2.20. The van der Waals surface area contributed by atoms with Gasteiger partial charge in [0.05, 0.1) is 13.2 Å². The molecule has 0 aliphatic heterocycles. The lowest BCUT2D eigenvalue weighted by Gasteiger charge is -2.23. The number of amides is 2. The summed E-state index contributed by atoms with van der Waals surface area (Å²) in [6.45, 7) is 12.4. The Hall–Kier alpha value is -3.81. The molecule has 8 heteroatoms. The van der Waals surface area contributed by atoms with E-state index >= 15 is 0 Å². The van der Waals surface area contributed by atoms with Crippen LogP contribution in [0.4, 0.5) is 9.59 Å². The molecule has 2 amide bonds. The summed E-state index contributed by atoms with van der Waals surface area (Å²) in [4.78, 5) is 38.1. The molecule has 0 atom stereocenters. The van der Waals surface area contributed by atoms with E-state index < -0.39 is 17.8 Å². The summed E-state index contributed by atoms with van der Waals surface area (Å²) in [7, 11) is 0. The highest BCUT2D eigenvalue weighted by molar-refractivity contribution is 5.98. The Labute approximate surface area is 218 Å². The fraction of sp³-hybridized carbons (Fsp3) is 0.414. The molecule has 0 bridgehead atoms. The van der Waals surface area contributed by atoms with Crippen molar-refractivity contribution >= 4 is 23.0 Å². The fourth-order valence-electron chi connectivity index (χ4n) is 4.15. The molecular weight excluding hydrogens is 470 g/mol. The lowest BCUT2D eigenvalue weighted by molar-refractivity contribution is 0.0522. The van der Waals surface area contributed by atoms with Gasteiger partial charge in [0.1, 0.15) is 5.60 Å². The largest absolute Gasteiger partial charge is 0.450 e. The Morgan fingerprint density at radius 2 is 1.62 bits per heavy atom. The van der Waals surface area contributed by atoms with Gasteiger partial charge in [-0.25, -0.2) is 9.59 Å². The van der Waals surface area contributed by atoms with Crippen LogP contribution in [0.1, 0.15) is 52.8 Å². The Morgan fingerprint density at radius 3 is 2.24 bits per heavy atom. The summed E-state index contributed by atoms with van der Waals surface area (Å²) in [6.07, 6.45) is -1.05. The highest BCUT2D eigenvalue weighted by atomic mass is 16.6. The van der Waals surface area contributed by atoms with Crippen molar-refractivity contribution in [3.8, 4) is 11.1 Å². The van der Waals surface area contributed by atoms with Crippen molar-refractivity contribution in [1.82, 2.24) is 15.2 Å². The van der Waals surface area contributed by atoms with E-state index in [9.17, 15) is 14.4 Å². The quantitative estimate of drug-likeness (QED) is 0.414. The van der Waals surface area contributed by atoms with Crippen LogP contribution in [0.3, 0.4) is 0 Å². The van der Waals surface area contributed by atoms with E-state index in [1.165, 1.54) is 0 Å². The van der Waals surface area contributed by atoms with Crippen LogP contribution in [-0.2, 0) is 29.1 Å². The number of nitrogens with one attached hydrogen (secondary N) is 2. The van der Waals surface area contributed by atoms with E-state index in [0.717, 1.165) is 22.1 Å². The van der Waals surface area contributed by atoms with Crippen LogP contribution in [0, 0.1) is 5.92 Å². The normalized spacial score (nSPS) is 11.4. The summed E-state index contributed by atoms with van der Waals surface area (Å²) in [6, 6.07) is 15.3. The Kier molecular flexibility index (Phi) is 8.97. The van der Waals surface area contributed by atoms with Gasteiger partial charge in [-0.05, 0) is 62.3 Å². The molecule has 8 nitrogen and oxygen atoms in total. The Bertz CT molecular complexity index is 1310. The van der Waals surface area contributed by atoms with Crippen LogP contribution in [0.15, 0.2) is 53.3 Å². The van der Waals surface area contributed by atoms with Gasteiger partial charge < -0.3 is 24.7 Å². The summed E-state index contributed by atoms with van der Waals surface area (Å²) in [5.41, 5.74) is 2.51. The van der Waals surface area contributed by atoms with Crippen LogP contribution in [0.5, 0.6) is 0 Å². The maximum Gasteiger partial charge on any atom is 0.407 e. The summed E-state index contributed by atoms with van der Waals surface area (Å²) in [5.74, 6) is 0.201. The highest BCUT2D eigenvalue weighted by Gasteiger charge is 2.21. The van der Waals surface area contributed by atoms with E-state index in [0.29, 0.717) is 17.6 Å². The topological polar surface area (TPSA) is 98.7 Å². The SMILES string of the molecule is CCOC(=O)NCc1ccc2c(=O)n(CC(C)C)c(CNC(=O)OC(C)(C)C)c(-c3ccccc3)c2c1. The summed E-state index contributed by atoms with van der Waals surface area (Å²) < 4.78 is 12.2. The number of aromatic nitrogens is 1. The molecule has 37 heavy (non-hydrogen) atoms. The van der Waals surface area contributed by atoms with E-state index in [2.05, 4.69) is 10.6 Å². The molecule has 3 aromatic rings. The molecule has 3 rings (SSSR count). The number of benzene rings is 2. The van der Waals surface area contributed by atoms with E-state index in [1.54, 1.807) is 38.3 Å². The minimum Gasteiger partial charge on any atom is -0.450 e. The zero-order chi connectivity index (χ0) is 27.2. The highest BCUT2D eigenvalue weighted by Crippen LogP contribution is 2.32. The number of pyridine rings is 1. The van der Waals surface area contributed by atoms with Crippen LogP contribution >= 0.6 is 0 Å². The van der Waals surface area contributed by atoms with Gasteiger partial charge >= 0.3 is 12.2 Å². The maximum absolute atomic E-state index is 13.7. The van der Waals surface area contributed by atoms with Gasteiger partial charge in [-0.2, -0.15) is 0 Å². The van der Waals surface area contributed by atoms with Crippen LogP contribution in [0.2, 0.25) is 0 Å². The molecule has 0 radical (unpaired) electrons. The molecule has 0 fully saturated rings. The number of ether oxygens (including phenoxy) is 2. The van der Waals surface area contributed by atoms with Crippen molar-refractivity contribution in [3.63, 3.8) is 0 Å². The molecule has 0 spiro atoms. The molecule has 1 aromatic heterocycles. The zero-order valence-corrected chi connectivity index (χ0v) is 22.5. The maximum atomic E-state index is 13.7. The third-order valence-corrected chi connectivity index (χ3v) is 5.56. The standard InChI is InChI=1S/C29H37N3O5/c1-7-36-27(34)30-16-20-13-14-22-23(15-20)25(21-11-9-8-10-12-21)24(32(26(22)33)18-19(2)3)17-31-28(35)37-29(4,5)6/h8-15,19H,7,16-18H2,1-6H3,(H,30,34)(H,31,35). The van der Waals surface area contributed by atoms with E-state index in [4.69, 9.17) is 9.47 Å². The van der Waals surface area contributed by atoms with Crippen molar-refractivity contribution in [2.24, 2.45) is 5.92 Å². The second-order valence-electron chi connectivity index (χ2n) is 10.3. The zero-order valence-electron chi connectivity index (χ0n) is 22.5. The molecular formula is C29H37N3O5. The van der Waals surface area contributed by atoms with Gasteiger partial charge in [-0.3, -0.25) is 4.79 Å². The van der Waals surface area contributed by atoms with Gasteiger partial charge in [0.15, 0.2) is 0 Å². The van der Waals surface area contributed by atoms with Gasteiger partial charge in [-0.15, -0.1) is 0 Å². The molecule has 0 saturated heterocycles. The second kappa shape index (κ2) is 12.0. The first-order chi connectivity index (χ1) is 17.5. The van der Waals surface area contributed by atoms with Gasteiger partial charge in [0.2, 0.25) is 0 Å².